The van der Waals surface area contributed by atoms with Crippen LogP contribution in [0.25, 0.3) is 0 Å². The Morgan fingerprint density at radius 1 is 1.55 bits per heavy atom. The predicted molar refractivity (Wildman–Crippen MR) is 74.9 cm³/mol. The maximum Gasteiger partial charge on any atom is 0.239 e. The van der Waals surface area contributed by atoms with Crippen molar-refractivity contribution in [2.45, 2.75) is 6.42 Å². The fraction of sp³-hybridized carbons (Fsp3) is 0.462. The van der Waals surface area contributed by atoms with Crippen LogP contribution >= 0.6 is 0 Å². The van der Waals surface area contributed by atoms with Crippen molar-refractivity contribution in [1.82, 2.24) is 10.3 Å². The second kappa shape index (κ2) is 5.77. The first kappa shape index (κ1) is 14.1. The minimum atomic E-state index is -0.359. The lowest BCUT2D eigenvalue weighted by atomic mass is 10.1. The minimum absolute atomic E-state index is 0.101. The smallest absolute Gasteiger partial charge is 0.239 e. The largest absolute Gasteiger partial charge is 0.479 e. The van der Waals surface area contributed by atoms with Crippen LogP contribution in [0, 0.1) is 5.92 Å². The first-order valence-electron chi connectivity index (χ1n) is 6.30. The summed E-state index contributed by atoms with van der Waals surface area (Å²) in [5, 5.41) is 5.46. The van der Waals surface area contributed by atoms with Gasteiger partial charge in [-0.05, 0) is 6.07 Å². The Morgan fingerprint density at radius 2 is 2.30 bits per heavy atom. The zero-order valence-electron chi connectivity index (χ0n) is 11.8. The number of carbonyl (C=O) groups is 2. The highest BCUT2D eigenvalue weighted by Gasteiger charge is 2.29. The molecule has 0 saturated carbocycles. The molecule has 2 heterocycles. The van der Waals surface area contributed by atoms with Gasteiger partial charge in [-0.25, -0.2) is 4.98 Å². The van der Waals surface area contributed by atoms with Crippen molar-refractivity contribution in [3.63, 3.8) is 0 Å². The molecular weight excluding hydrogens is 260 g/mol. The first-order valence-corrected chi connectivity index (χ1v) is 6.30. The molecule has 20 heavy (non-hydrogen) atoms. The summed E-state index contributed by atoms with van der Waals surface area (Å²) in [6.45, 7) is 0.366. The number of hydrogen-bond acceptors (Lipinski definition) is 5. The molecule has 7 nitrogen and oxygen atoms in total. The lowest BCUT2D eigenvalue weighted by molar-refractivity contribution is -0.123. The van der Waals surface area contributed by atoms with E-state index >= 15 is 0 Å². The van der Waals surface area contributed by atoms with Crippen LogP contribution in [0.5, 0.6) is 5.88 Å². The van der Waals surface area contributed by atoms with Crippen molar-refractivity contribution in [3.05, 3.63) is 12.3 Å². The van der Waals surface area contributed by atoms with Gasteiger partial charge in [-0.3, -0.25) is 9.59 Å². The van der Waals surface area contributed by atoms with Crippen LogP contribution in [0.4, 0.5) is 11.4 Å². The number of nitrogens with zero attached hydrogens (tertiary/aromatic N) is 2. The number of nitrogens with one attached hydrogen (secondary N) is 2. The number of rotatable bonds is 4. The van der Waals surface area contributed by atoms with Crippen molar-refractivity contribution in [2.24, 2.45) is 5.92 Å². The number of methoxy groups -OCH3 is 1. The van der Waals surface area contributed by atoms with Gasteiger partial charge >= 0.3 is 0 Å². The Bertz CT molecular complexity index is 530. The average Bonchev–Trinajstić information content (AvgIpc) is 2.85. The number of anilines is 2. The van der Waals surface area contributed by atoms with E-state index in [0.29, 0.717) is 18.1 Å². The molecule has 0 bridgehead atoms. The van der Waals surface area contributed by atoms with Crippen molar-refractivity contribution in [3.8, 4) is 5.88 Å². The fourth-order valence-electron chi connectivity index (χ4n) is 2.09. The second-order valence-corrected chi connectivity index (χ2v) is 4.80. The molecule has 1 saturated heterocycles. The number of amides is 2. The maximum absolute atomic E-state index is 12.2. The molecule has 2 N–H and O–H groups in total. The highest BCUT2D eigenvalue weighted by Crippen LogP contribution is 2.32. The van der Waals surface area contributed by atoms with E-state index in [1.807, 2.05) is 19.0 Å². The number of pyridine rings is 1. The monoisotopic (exact) mass is 278 g/mol. The van der Waals surface area contributed by atoms with Crippen molar-refractivity contribution in [1.29, 1.82) is 0 Å². The van der Waals surface area contributed by atoms with Gasteiger partial charge in [0, 0.05) is 33.3 Å². The van der Waals surface area contributed by atoms with Crippen LogP contribution in [0.2, 0.25) is 0 Å². The average molecular weight is 278 g/mol. The third-order valence-corrected chi connectivity index (χ3v) is 3.17. The lowest BCUT2D eigenvalue weighted by Gasteiger charge is -2.20. The molecule has 1 aliphatic heterocycles. The van der Waals surface area contributed by atoms with Gasteiger partial charge in [0.25, 0.3) is 0 Å². The van der Waals surface area contributed by atoms with Crippen LogP contribution < -0.4 is 20.3 Å². The molecule has 1 unspecified atom stereocenters. The van der Waals surface area contributed by atoms with Crippen LogP contribution in [0.15, 0.2) is 12.3 Å². The Labute approximate surface area is 117 Å². The van der Waals surface area contributed by atoms with E-state index in [2.05, 4.69) is 15.6 Å². The molecule has 0 spiro atoms. The van der Waals surface area contributed by atoms with Gasteiger partial charge in [-0.15, -0.1) is 0 Å². The normalized spacial score (nSPS) is 17.6. The van der Waals surface area contributed by atoms with E-state index in [1.165, 1.54) is 7.11 Å². The zero-order chi connectivity index (χ0) is 14.7. The highest BCUT2D eigenvalue weighted by atomic mass is 16.5. The highest BCUT2D eigenvalue weighted by molar-refractivity contribution is 6.00. The van der Waals surface area contributed by atoms with Gasteiger partial charge in [0.05, 0.1) is 18.7 Å². The van der Waals surface area contributed by atoms with Crippen LogP contribution in [-0.4, -0.2) is 44.5 Å². The molecule has 1 fully saturated rings. The second-order valence-electron chi connectivity index (χ2n) is 4.80. The van der Waals surface area contributed by atoms with Gasteiger partial charge in [-0.1, -0.05) is 0 Å². The van der Waals surface area contributed by atoms with Crippen molar-refractivity contribution < 1.29 is 14.3 Å². The van der Waals surface area contributed by atoms with Gasteiger partial charge < -0.3 is 20.3 Å². The number of carbonyl (C=O) groups excluding carboxylic acids is 2. The molecule has 2 amide bonds. The Hall–Kier alpha value is -2.31. The third kappa shape index (κ3) is 2.81. The Kier molecular flexibility index (Phi) is 4.07. The summed E-state index contributed by atoms with van der Waals surface area (Å²) in [6, 6.07) is 1.79. The number of aromatic nitrogens is 1. The quantitative estimate of drug-likeness (QED) is 0.824. The van der Waals surface area contributed by atoms with E-state index in [0.717, 1.165) is 5.69 Å². The molecule has 1 aromatic heterocycles. The third-order valence-electron chi connectivity index (χ3n) is 3.17. The molecule has 0 radical (unpaired) electrons. The van der Waals surface area contributed by atoms with Crippen LogP contribution in [0.3, 0.4) is 0 Å². The summed E-state index contributed by atoms with van der Waals surface area (Å²) >= 11 is 0. The van der Waals surface area contributed by atoms with Crippen LogP contribution in [0.1, 0.15) is 6.42 Å². The maximum atomic E-state index is 12.2. The fourth-order valence-corrected chi connectivity index (χ4v) is 2.09. The van der Waals surface area contributed by atoms with Crippen molar-refractivity contribution >= 4 is 23.2 Å². The van der Waals surface area contributed by atoms with E-state index < -0.39 is 0 Å². The summed E-state index contributed by atoms with van der Waals surface area (Å²) in [4.78, 5) is 29.3. The zero-order valence-corrected chi connectivity index (χ0v) is 11.8. The molecule has 1 aromatic rings. The summed E-state index contributed by atoms with van der Waals surface area (Å²) in [5.74, 6) is -0.321. The minimum Gasteiger partial charge on any atom is -0.479 e. The predicted octanol–water partition coefficient (Wildman–Crippen LogP) is 0.231. The SMILES string of the molecule is COc1nccc(N(C)C)c1NC(=O)C1CNC(=O)C1. The molecule has 108 valence electrons. The van der Waals surface area contributed by atoms with Gasteiger partial charge in [0.1, 0.15) is 5.69 Å². The molecule has 1 aliphatic rings. The standard InChI is InChI=1S/C13H18N4O3/c1-17(2)9-4-5-14-13(20-3)11(9)16-12(19)8-6-10(18)15-7-8/h4-5,8H,6-7H2,1-3H3,(H,15,18)(H,16,19). The van der Waals surface area contributed by atoms with E-state index in [4.69, 9.17) is 4.74 Å². The van der Waals surface area contributed by atoms with E-state index in [-0.39, 0.29) is 24.2 Å². The molecule has 1 atom stereocenters. The van der Waals surface area contributed by atoms with E-state index in [9.17, 15) is 9.59 Å². The summed E-state index contributed by atoms with van der Waals surface area (Å²) in [7, 11) is 5.23. The Balaban J connectivity index is 2.23. The molecular formula is C13H18N4O3. The lowest BCUT2D eigenvalue weighted by Crippen LogP contribution is -2.26. The van der Waals surface area contributed by atoms with Crippen molar-refractivity contribution in [2.75, 3.05) is 38.0 Å². The van der Waals surface area contributed by atoms with Crippen LogP contribution in [-0.2, 0) is 9.59 Å². The topological polar surface area (TPSA) is 83.6 Å². The van der Waals surface area contributed by atoms with Gasteiger partial charge in [0.2, 0.25) is 17.7 Å². The first-order chi connectivity index (χ1) is 9.52. The van der Waals surface area contributed by atoms with E-state index in [1.54, 1.807) is 12.3 Å². The summed E-state index contributed by atoms with van der Waals surface area (Å²) in [6.07, 6.45) is 1.83. The number of ether oxygens (including phenoxy) is 1. The molecule has 0 aliphatic carbocycles. The molecule has 0 aromatic carbocycles. The summed E-state index contributed by atoms with van der Waals surface area (Å²) in [5.41, 5.74) is 1.31. The summed E-state index contributed by atoms with van der Waals surface area (Å²) < 4.78 is 5.19. The Morgan fingerprint density at radius 3 is 2.85 bits per heavy atom. The number of hydrogen-bond donors (Lipinski definition) is 2. The van der Waals surface area contributed by atoms with Gasteiger partial charge in [0.15, 0.2) is 0 Å². The molecule has 2 rings (SSSR count). The van der Waals surface area contributed by atoms with Gasteiger partial charge in [-0.2, -0.15) is 0 Å². The molecule has 7 heteroatoms.